The van der Waals surface area contributed by atoms with Crippen molar-refractivity contribution in [2.24, 2.45) is 0 Å². The maximum absolute atomic E-state index is 10.7. The number of carbonyl (C=O) groups excluding carboxylic acids is 2. The largest absolute Gasteiger partial charge is 0.303 e. The number of Topliss-reactive ketones (excluding diaryl/α,β-unsaturated/α-hetero) is 1. The fraction of sp³-hybridized carbons (Fsp3) is 0.625. The van der Waals surface area contributed by atoms with Crippen LogP contribution in [-0.2, 0) is 9.59 Å². The molecule has 0 aliphatic rings. The van der Waals surface area contributed by atoms with Gasteiger partial charge in [0.1, 0.15) is 12.1 Å². The van der Waals surface area contributed by atoms with E-state index in [0.717, 1.165) is 12.7 Å². The first kappa shape index (κ1) is 9.34. The van der Waals surface area contributed by atoms with Crippen LogP contribution in [0.15, 0.2) is 0 Å². The Bertz CT molecular complexity index is 108. The summed E-state index contributed by atoms with van der Waals surface area (Å²) in [5.74, 6) is 0.157. The summed E-state index contributed by atoms with van der Waals surface area (Å²) in [6.07, 6.45) is 4.99. The Morgan fingerprint density at radius 3 is 2.60 bits per heavy atom. The predicted octanol–water partition coefficient (Wildman–Crippen LogP) is 1.54. The van der Waals surface area contributed by atoms with E-state index in [1.54, 1.807) is 6.42 Å². The van der Waals surface area contributed by atoms with Gasteiger partial charge >= 0.3 is 0 Å². The molecule has 0 bridgehead atoms. The molecule has 57 valence electrons. The van der Waals surface area contributed by atoms with Crippen LogP contribution < -0.4 is 0 Å². The summed E-state index contributed by atoms with van der Waals surface area (Å²) < 4.78 is 0. The zero-order chi connectivity index (χ0) is 7.82. The lowest BCUT2D eigenvalue weighted by atomic mass is 10.1. The number of hydrogen-bond acceptors (Lipinski definition) is 2. The summed E-state index contributed by atoms with van der Waals surface area (Å²) >= 11 is 0. The number of hydrogen-bond donors (Lipinski definition) is 0. The van der Waals surface area contributed by atoms with Crippen molar-refractivity contribution in [1.29, 1.82) is 0 Å². The van der Waals surface area contributed by atoms with E-state index >= 15 is 0 Å². The third kappa shape index (κ3) is 5.48. The van der Waals surface area contributed by atoms with Gasteiger partial charge in [-0.3, -0.25) is 4.79 Å². The van der Waals surface area contributed by atoms with E-state index in [9.17, 15) is 9.59 Å². The van der Waals surface area contributed by atoms with Gasteiger partial charge < -0.3 is 4.79 Å². The zero-order valence-electron chi connectivity index (χ0n) is 6.30. The van der Waals surface area contributed by atoms with E-state index < -0.39 is 0 Å². The normalized spacial score (nSPS) is 9.30. The molecule has 0 unspecified atom stereocenters. The van der Waals surface area contributed by atoms with Gasteiger partial charge in [-0.05, 0) is 12.8 Å². The maximum atomic E-state index is 10.7. The third-order valence-corrected chi connectivity index (χ3v) is 1.15. The Morgan fingerprint density at radius 1 is 1.40 bits per heavy atom. The zero-order valence-corrected chi connectivity index (χ0v) is 6.30. The first-order valence-electron chi connectivity index (χ1n) is 3.61. The van der Waals surface area contributed by atoms with E-state index in [1.165, 1.54) is 0 Å². The molecule has 0 aromatic heterocycles. The van der Waals surface area contributed by atoms with Crippen molar-refractivity contribution in [3.05, 3.63) is 6.42 Å². The molecule has 1 radical (unpaired) electrons. The van der Waals surface area contributed by atoms with Crippen molar-refractivity contribution in [2.45, 2.75) is 32.6 Å². The van der Waals surface area contributed by atoms with Crippen LogP contribution in [0.3, 0.4) is 0 Å². The Hall–Kier alpha value is -0.660. The molecule has 10 heavy (non-hydrogen) atoms. The highest BCUT2D eigenvalue weighted by Gasteiger charge is 1.98. The summed E-state index contributed by atoms with van der Waals surface area (Å²) in [4.78, 5) is 20.6. The standard InChI is InChI=1S/C8H13O2/c1-2-5-8(10)6-3-4-7-9/h6-7H,2-5H2,1H3. The molecule has 0 spiro atoms. The first-order chi connectivity index (χ1) is 4.81. The van der Waals surface area contributed by atoms with Crippen LogP contribution in [0, 0.1) is 6.42 Å². The van der Waals surface area contributed by atoms with Gasteiger partial charge in [-0.25, -0.2) is 0 Å². The van der Waals surface area contributed by atoms with Gasteiger partial charge in [0, 0.05) is 19.3 Å². The van der Waals surface area contributed by atoms with Crippen LogP contribution in [0.25, 0.3) is 0 Å². The highest BCUT2D eigenvalue weighted by molar-refractivity contribution is 5.86. The van der Waals surface area contributed by atoms with Crippen molar-refractivity contribution in [3.63, 3.8) is 0 Å². The quantitative estimate of drug-likeness (QED) is 0.415. The summed E-state index contributed by atoms with van der Waals surface area (Å²) in [6.45, 7) is 1.96. The molecule has 0 fully saturated rings. The van der Waals surface area contributed by atoms with Crippen LogP contribution in [0.2, 0.25) is 0 Å². The minimum absolute atomic E-state index is 0.157. The lowest BCUT2D eigenvalue weighted by molar-refractivity contribution is -0.116. The van der Waals surface area contributed by atoms with Crippen molar-refractivity contribution in [1.82, 2.24) is 0 Å². The molecule has 0 aromatic rings. The van der Waals surface area contributed by atoms with Crippen LogP contribution in [0.4, 0.5) is 0 Å². The minimum Gasteiger partial charge on any atom is -0.303 e. The van der Waals surface area contributed by atoms with Gasteiger partial charge in [0.15, 0.2) is 0 Å². The van der Waals surface area contributed by atoms with Gasteiger partial charge in [0.25, 0.3) is 0 Å². The molecule has 2 heteroatoms. The van der Waals surface area contributed by atoms with Crippen molar-refractivity contribution < 1.29 is 9.59 Å². The van der Waals surface area contributed by atoms with E-state index in [-0.39, 0.29) is 5.78 Å². The molecule has 0 atom stereocenters. The number of rotatable bonds is 6. The molecule has 2 nitrogen and oxygen atoms in total. The van der Waals surface area contributed by atoms with Crippen LogP contribution in [-0.4, -0.2) is 12.1 Å². The summed E-state index contributed by atoms with van der Waals surface area (Å²) in [7, 11) is 0. The Kier molecular flexibility index (Phi) is 6.03. The molecule has 0 aliphatic heterocycles. The maximum Gasteiger partial charge on any atom is 0.136 e. The van der Waals surface area contributed by atoms with Crippen molar-refractivity contribution in [2.75, 3.05) is 0 Å². The van der Waals surface area contributed by atoms with Crippen molar-refractivity contribution >= 4 is 12.1 Å². The molecule has 0 N–H and O–H groups in total. The molecule has 0 saturated heterocycles. The highest BCUT2D eigenvalue weighted by Crippen LogP contribution is 1.97. The SMILES string of the molecule is CCCC(=O)[CH]CCC=O. The van der Waals surface area contributed by atoms with Gasteiger partial charge in [-0.2, -0.15) is 0 Å². The summed E-state index contributed by atoms with van der Waals surface area (Å²) in [5, 5.41) is 0. The fourth-order valence-electron chi connectivity index (χ4n) is 0.661. The third-order valence-electron chi connectivity index (χ3n) is 1.15. The first-order valence-corrected chi connectivity index (χ1v) is 3.61. The molecule has 0 aromatic carbocycles. The molecule has 0 amide bonds. The van der Waals surface area contributed by atoms with Crippen LogP contribution in [0.5, 0.6) is 0 Å². The number of ketones is 1. The molecule has 0 aliphatic carbocycles. The lowest BCUT2D eigenvalue weighted by Crippen LogP contribution is -1.97. The van der Waals surface area contributed by atoms with Crippen molar-refractivity contribution in [3.8, 4) is 0 Å². The average molecular weight is 141 g/mol. The Labute approximate surface area is 61.6 Å². The topological polar surface area (TPSA) is 34.1 Å². The number of aldehydes is 1. The second-order valence-electron chi connectivity index (χ2n) is 2.16. The van der Waals surface area contributed by atoms with Gasteiger partial charge in [-0.15, -0.1) is 0 Å². The molecule has 0 saturated carbocycles. The highest BCUT2D eigenvalue weighted by atomic mass is 16.1. The van der Waals surface area contributed by atoms with E-state index in [0.29, 0.717) is 19.3 Å². The average Bonchev–Trinajstić information content (AvgIpc) is 1.89. The van der Waals surface area contributed by atoms with Gasteiger partial charge in [0.2, 0.25) is 0 Å². The predicted molar refractivity (Wildman–Crippen MR) is 39.5 cm³/mol. The smallest absolute Gasteiger partial charge is 0.136 e. The second-order valence-corrected chi connectivity index (χ2v) is 2.16. The molecule has 0 heterocycles. The van der Waals surface area contributed by atoms with Crippen LogP contribution >= 0.6 is 0 Å². The molecule has 0 rings (SSSR count). The Morgan fingerprint density at radius 2 is 2.10 bits per heavy atom. The van der Waals surface area contributed by atoms with Gasteiger partial charge in [-0.1, -0.05) is 6.92 Å². The fourth-order valence-corrected chi connectivity index (χ4v) is 0.661. The van der Waals surface area contributed by atoms with E-state index in [1.807, 2.05) is 6.92 Å². The molecular weight excluding hydrogens is 128 g/mol. The minimum atomic E-state index is 0.157. The number of carbonyl (C=O) groups is 2. The monoisotopic (exact) mass is 141 g/mol. The second kappa shape index (κ2) is 6.46. The van der Waals surface area contributed by atoms with Gasteiger partial charge in [0.05, 0.1) is 0 Å². The summed E-state index contributed by atoms with van der Waals surface area (Å²) in [5.41, 5.74) is 0. The van der Waals surface area contributed by atoms with E-state index in [2.05, 4.69) is 0 Å². The Balaban J connectivity index is 3.13. The van der Waals surface area contributed by atoms with Crippen LogP contribution in [0.1, 0.15) is 32.6 Å². The van der Waals surface area contributed by atoms with E-state index in [4.69, 9.17) is 0 Å². The molecular formula is C8H13O2. The number of unbranched alkanes of at least 4 members (excludes halogenated alkanes) is 1. The summed E-state index contributed by atoms with van der Waals surface area (Å²) in [6, 6.07) is 0. The lowest BCUT2D eigenvalue weighted by Gasteiger charge is -1.93.